The summed E-state index contributed by atoms with van der Waals surface area (Å²) in [6, 6.07) is 17.8. The number of carbonyl (C=O) groups is 1. The molecule has 1 aromatic heterocycles. The number of fused-ring (bicyclic) bond motifs is 1. The van der Waals surface area contributed by atoms with Crippen LogP contribution in [0, 0.1) is 0 Å². The molecule has 0 aliphatic carbocycles. The van der Waals surface area contributed by atoms with Gasteiger partial charge in [-0.25, -0.2) is 0 Å². The fourth-order valence-corrected chi connectivity index (χ4v) is 4.83. The molecule has 0 radical (unpaired) electrons. The van der Waals surface area contributed by atoms with Crippen molar-refractivity contribution in [1.29, 1.82) is 0 Å². The van der Waals surface area contributed by atoms with Gasteiger partial charge in [0.25, 0.3) is 0 Å². The minimum Gasteiger partial charge on any atom is -0.311 e. The van der Waals surface area contributed by atoms with E-state index in [1.54, 1.807) is 4.68 Å². The highest BCUT2D eigenvalue weighted by Crippen LogP contribution is 2.37. The van der Waals surface area contributed by atoms with E-state index in [4.69, 9.17) is 0 Å². The van der Waals surface area contributed by atoms with Gasteiger partial charge in [-0.2, -0.15) is 4.68 Å². The average Bonchev–Trinajstić information content (AvgIpc) is 3.10. The summed E-state index contributed by atoms with van der Waals surface area (Å²) in [5.41, 5.74) is 1.88. The lowest BCUT2D eigenvalue weighted by molar-refractivity contribution is -0.116. The summed E-state index contributed by atoms with van der Waals surface area (Å²) in [5, 5.41) is 13.0. The number of rotatable bonds is 4. The van der Waals surface area contributed by atoms with Crippen molar-refractivity contribution in [2.24, 2.45) is 0 Å². The van der Waals surface area contributed by atoms with E-state index in [0.29, 0.717) is 16.2 Å². The molecule has 1 unspecified atom stereocenters. The Morgan fingerprint density at radius 1 is 1.19 bits per heavy atom. The molecular weight excluding hydrogens is 378 g/mol. The first-order chi connectivity index (χ1) is 13.2. The second-order valence-electron chi connectivity index (χ2n) is 6.23. The zero-order valence-corrected chi connectivity index (χ0v) is 16.5. The Bertz CT molecular complexity index is 931. The number of hydrogen-bond donors (Lipinski definition) is 0. The molecule has 0 spiro atoms. The number of aromatic nitrogens is 4. The summed E-state index contributed by atoms with van der Waals surface area (Å²) in [4.78, 5) is 16.0. The molecule has 2 aromatic carbocycles. The molecule has 0 bridgehead atoms. The van der Waals surface area contributed by atoms with E-state index in [2.05, 4.69) is 28.5 Å². The van der Waals surface area contributed by atoms with Crippen LogP contribution in [0.2, 0.25) is 0 Å². The molecule has 3 aromatic rings. The van der Waals surface area contributed by atoms with Crippen molar-refractivity contribution in [2.75, 3.05) is 17.2 Å². The third-order valence-electron chi connectivity index (χ3n) is 4.31. The minimum atomic E-state index is 0.0739. The highest BCUT2D eigenvalue weighted by Gasteiger charge is 2.24. The van der Waals surface area contributed by atoms with Crippen LogP contribution in [0.1, 0.15) is 13.3 Å². The smallest absolute Gasteiger partial charge is 0.237 e. The third-order valence-corrected chi connectivity index (χ3v) is 6.45. The van der Waals surface area contributed by atoms with Crippen molar-refractivity contribution in [3.8, 4) is 5.69 Å². The van der Waals surface area contributed by atoms with Crippen LogP contribution in [0.5, 0.6) is 0 Å². The molecule has 1 aliphatic rings. The standard InChI is InChI=1S/C19H19N5OS2/c1-14-11-12-23(16-9-5-6-10-17(16)27-14)18(25)13-26-19-20-21-22-24(19)15-7-3-2-4-8-15/h2-10,14H,11-13H2,1H3. The second-order valence-corrected chi connectivity index (χ2v) is 8.65. The van der Waals surface area contributed by atoms with E-state index >= 15 is 0 Å². The van der Waals surface area contributed by atoms with E-state index in [9.17, 15) is 4.79 Å². The number of benzene rings is 2. The SMILES string of the molecule is CC1CCN(C(=O)CSc2nnnn2-c2ccccc2)c2ccccc2S1. The molecule has 4 rings (SSSR count). The fourth-order valence-electron chi connectivity index (χ4n) is 2.95. The molecule has 138 valence electrons. The predicted molar refractivity (Wildman–Crippen MR) is 109 cm³/mol. The predicted octanol–water partition coefficient (Wildman–Crippen LogP) is 3.67. The fraction of sp³-hybridized carbons (Fsp3) is 0.263. The summed E-state index contributed by atoms with van der Waals surface area (Å²) >= 11 is 3.19. The number of thioether (sulfide) groups is 2. The molecule has 8 heteroatoms. The Labute approximate surface area is 166 Å². The number of anilines is 1. The van der Waals surface area contributed by atoms with Gasteiger partial charge >= 0.3 is 0 Å². The monoisotopic (exact) mass is 397 g/mol. The average molecular weight is 398 g/mol. The molecule has 1 atom stereocenters. The second kappa shape index (κ2) is 8.14. The van der Waals surface area contributed by atoms with Gasteiger partial charge in [0, 0.05) is 16.7 Å². The molecule has 0 N–H and O–H groups in total. The number of nitrogens with zero attached hydrogens (tertiary/aromatic N) is 5. The van der Waals surface area contributed by atoms with Crippen molar-refractivity contribution >= 4 is 35.1 Å². The van der Waals surface area contributed by atoms with E-state index in [-0.39, 0.29) is 5.91 Å². The molecule has 2 heterocycles. The quantitative estimate of drug-likeness (QED) is 0.626. The third kappa shape index (κ3) is 4.01. The van der Waals surface area contributed by atoms with Crippen LogP contribution in [0.4, 0.5) is 5.69 Å². The van der Waals surface area contributed by atoms with E-state index in [1.165, 1.54) is 11.8 Å². The normalized spacial score (nSPS) is 16.6. The Balaban J connectivity index is 1.50. The van der Waals surface area contributed by atoms with Crippen LogP contribution in [0.15, 0.2) is 64.6 Å². The van der Waals surface area contributed by atoms with E-state index in [0.717, 1.165) is 29.2 Å². The molecule has 0 saturated carbocycles. The number of para-hydroxylation sites is 2. The molecule has 1 aliphatic heterocycles. The minimum absolute atomic E-state index is 0.0739. The summed E-state index contributed by atoms with van der Waals surface area (Å²) in [6.07, 6.45) is 0.970. The lowest BCUT2D eigenvalue weighted by atomic mass is 10.2. The van der Waals surface area contributed by atoms with Crippen LogP contribution in [-0.2, 0) is 4.79 Å². The van der Waals surface area contributed by atoms with Crippen LogP contribution in [0.25, 0.3) is 5.69 Å². The molecule has 0 fully saturated rings. The van der Waals surface area contributed by atoms with Gasteiger partial charge in [-0.15, -0.1) is 16.9 Å². The Hall–Kier alpha value is -2.32. The van der Waals surface area contributed by atoms with Crippen molar-refractivity contribution < 1.29 is 4.79 Å². The molecule has 6 nitrogen and oxygen atoms in total. The number of carbonyl (C=O) groups excluding carboxylic acids is 1. The number of hydrogen-bond acceptors (Lipinski definition) is 6. The maximum Gasteiger partial charge on any atom is 0.237 e. The summed E-state index contributed by atoms with van der Waals surface area (Å²) in [7, 11) is 0. The van der Waals surface area contributed by atoms with Crippen LogP contribution in [0.3, 0.4) is 0 Å². The Kier molecular flexibility index (Phi) is 5.45. The number of amides is 1. The molecule has 1 amide bonds. The zero-order valence-electron chi connectivity index (χ0n) is 14.9. The maximum atomic E-state index is 13.0. The largest absolute Gasteiger partial charge is 0.311 e. The first-order valence-electron chi connectivity index (χ1n) is 8.75. The van der Waals surface area contributed by atoms with Crippen LogP contribution >= 0.6 is 23.5 Å². The van der Waals surface area contributed by atoms with Gasteiger partial charge in [0.05, 0.1) is 17.1 Å². The van der Waals surface area contributed by atoms with Gasteiger partial charge < -0.3 is 4.90 Å². The first kappa shape index (κ1) is 18.1. The van der Waals surface area contributed by atoms with Gasteiger partial charge in [0.2, 0.25) is 11.1 Å². The highest BCUT2D eigenvalue weighted by atomic mass is 32.2. The van der Waals surface area contributed by atoms with Crippen LogP contribution in [-0.4, -0.2) is 43.7 Å². The number of tetrazole rings is 1. The summed E-state index contributed by atoms with van der Waals surface area (Å²) in [5.74, 6) is 0.366. The summed E-state index contributed by atoms with van der Waals surface area (Å²) < 4.78 is 1.66. The van der Waals surface area contributed by atoms with E-state index < -0.39 is 0 Å². The lowest BCUT2D eigenvalue weighted by Gasteiger charge is -2.22. The van der Waals surface area contributed by atoms with Crippen LogP contribution < -0.4 is 4.90 Å². The van der Waals surface area contributed by atoms with Crippen molar-refractivity contribution in [3.63, 3.8) is 0 Å². The van der Waals surface area contributed by atoms with Crippen molar-refractivity contribution in [1.82, 2.24) is 20.2 Å². The van der Waals surface area contributed by atoms with Gasteiger partial charge in [0.1, 0.15) is 0 Å². The topological polar surface area (TPSA) is 63.9 Å². The van der Waals surface area contributed by atoms with Gasteiger partial charge in [-0.05, 0) is 41.1 Å². The lowest BCUT2D eigenvalue weighted by Crippen LogP contribution is -2.33. The molecule has 0 saturated heterocycles. The van der Waals surface area contributed by atoms with Crippen molar-refractivity contribution in [2.45, 2.75) is 28.6 Å². The zero-order chi connectivity index (χ0) is 18.6. The van der Waals surface area contributed by atoms with Gasteiger partial charge in [-0.1, -0.05) is 49.0 Å². The molecular formula is C19H19N5OS2. The first-order valence-corrected chi connectivity index (χ1v) is 10.6. The van der Waals surface area contributed by atoms with E-state index in [1.807, 2.05) is 65.2 Å². The Morgan fingerprint density at radius 3 is 2.81 bits per heavy atom. The summed E-state index contributed by atoms with van der Waals surface area (Å²) in [6.45, 7) is 2.94. The van der Waals surface area contributed by atoms with Gasteiger partial charge in [0.15, 0.2) is 0 Å². The maximum absolute atomic E-state index is 13.0. The van der Waals surface area contributed by atoms with Crippen molar-refractivity contribution in [3.05, 3.63) is 54.6 Å². The Morgan fingerprint density at radius 2 is 1.96 bits per heavy atom. The van der Waals surface area contributed by atoms with Gasteiger partial charge in [-0.3, -0.25) is 4.79 Å². The highest BCUT2D eigenvalue weighted by molar-refractivity contribution is 8.00. The molecule has 27 heavy (non-hydrogen) atoms.